The molecule has 1 spiro atoms. The fraction of sp³-hybridized carbons (Fsp3) is 0.0149. The molecule has 5 heteroatoms. The van der Waals surface area contributed by atoms with Gasteiger partial charge in [0.25, 0.3) is 0 Å². The molecule has 0 unspecified atom stereocenters. The van der Waals surface area contributed by atoms with E-state index in [1.54, 1.807) is 0 Å². The molecular formula is C67H43N3S2. The summed E-state index contributed by atoms with van der Waals surface area (Å²) in [6.07, 6.45) is 0. The molecular weight excluding hydrogens is 911 g/mol. The van der Waals surface area contributed by atoms with Crippen molar-refractivity contribution >= 4 is 114 Å². The third-order valence-electron chi connectivity index (χ3n) is 15.0. The molecule has 0 atom stereocenters. The number of nitrogens with zero attached hydrogens (tertiary/aromatic N) is 3. The van der Waals surface area contributed by atoms with Crippen LogP contribution in [0.4, 0.5) is 51.2 Å². The van der Waals surface area contributed by atoms with Gasteiger partial charge in [-0.25, -0.2) is 0 Å². The summed E-state index contributed by atoms with van der Waals surface area (Å²) in [4.78, 5) is 7.42. The average Bonchev–Trinajstić information content (AvgIpc) is 4.12. The van der Waals surface area contributed by atoms with Crippen LogP contribution in [-0.2, 0) is 5.41 Å². The predicted molar refractivity (Wildman–Crippen MR) is 307 cm³/mol. The Bertz CT molecular complexity index is 4210. The Labute approximate surface area is 426 Å². The summed E-state index contributed by atoms with van der Waals surface area (Å²) >= 11 is 3.75. The molecule has 3 heterocycles. The van der Waals surface area contributed by atoms with Crippen molar-refractivity contribution in [3.05, 3.63) is 283 Å². The zero-order chi connectivity index (χ0) is 47.3. The molecule has 1 aliphatic carbocycles. The molecule has 0 N–H and O–H groups in total. The van der Waals surface area contributed by atoms with Gasteiger partial charge >= 0.3 is 0 Å². The molecule has 11 aromatic carbocycles. The summed E-state index contributed by atoms with van der Waals surface area (Å²) in [5.74, 6) is 0. The first-order chi connectivity index (χ1) is 35.7. The van der Waals surface area contributed by atoms with E-state index in [0.717, 1.165) is 28.4 Å². The standard InChI is InChI=1S/C67H43N3S2/c1-4-20-44(21-5-1)68(61-34-18-28-52-50-26-10-16-36-63(50)71-65(52)61)47-39-41-55-54(42-47)49-40-38-48(69(45-22-6-2-7-23-45)62-35-19-29-53-51-27-11-17-37-64(51)72-66(53)62)43-58(49)67(55)56-30-12-14-32-59(56)70(46-24-8-3-9-25-46)60-33-15-13-31-57(60)67/h1-43H. The molecule has 13 aromatic rings. The van der Waals surface area contributed by atoms with Crippen LogP contribution in [0.25, 0.3) is 51.5 Å². The highest BCUT2D eigenvalue weighted by molar-refractivity contribution is 7.26. The Kier molecular flexibility index (Phi) is 9.22. The van der Waals surface area contributed by atoms with Crippen LogP contribution in [-0.4, -0.2) is 0 Å². The van der Waals surface area contributed by atoms with Crippen molar-refractivity contribution in [2.75, 3.05) is 14.7 Å². The van der Waals surface area contributed by atoms with Gasteiger partial charge in [-0.2, -0.15) is 0 Å². The number of anilines is 9. The van der Waals surface area contributed by atoms with E-state index in [1.807, 2.05) is 22.7 Å². The van der Waals surface area contributed by atoms with E-state index in [9.17, 15) is 0 Å². The predicted octanol–water partition coefficient (Wildman–Crippen LogP) is 19.5. The van der Waals surface area contributed by atoms with Gasteiger partial charge < -0.3 is 14.7 Å². The molecule has 3 nitrogen and oxygen atoms in total. The van der Waals surface area contributed by atoms with E-state index >= 15 is 0 Å². The zero-order valence-corrected chi connectivity index (χ0v) is 40.6. The lowest BCUT2D eigenvalue weighted by Crippen LogP contribution is -2.36. The molecule has 72 heavy (non-hydrogen) atoms. The SMILES string of the molecule is c1ccc(N2c3ccccc3C3(c4ccc(N(c5ccccc5)c5cccc6c5sc5ccccc56)cc4-c4ccc(N(c5ccccc5)c5cccc6c5sc5ccccc56)cc43)c3ccccc32)cc1. The minimum Gasteiger partial charge on any atom is -0.310 e. The van der Waals surface area contributed by atoms with Crippen LogP contribution in [0.2, 0.25) is 0 Å². The van der Waals surface area contributed by atoms with Gasteiger partial charge in [0.15, 0.2) is 0 Å². The minimum absolute atomic E-state index is 0.674. The van der Waals surface area contributed by atoms with E-state index in [-0.39, 0.29) is 0 Å². The van der Waals surface area contributed by atoms with E-state index in [4.69, 9.17) is 0 Å². The number of para-hydroxylation sites is 5. The Morgan fingerprint density at radius 1 is 0.306 bits per heavy atom. The van der Waals surface area contributed by atoms with Crippen LogP contribution >= 0.6 is 22.7 Å². The van der Waals surface area contributed by atoms with Crippen LogP contribution < -0.4 is 14.7 Å². The maximum Gasteiger partial charge on any atom is 0.0755 e. The van der Waals surface area contributed by atoms with Crippen LogP contribution in [0.15, 0.2) is 261 Å². The summed E-state index contributed by atoms with van der Waals surface area (Å²) in [7, 11) is 0. The molecule has 2 aromatic heterocycles. The van der Waals surface area contributed by atoms with Crippen molar-refractivity contribution in [2.45, 2.75) is 5.41 Å². The first-order valence-electron chi connectivity index (χ1n) is 24.6. The zero-order valence-electron chi connectivity index (χ0n) is 39.0. The molecule has 2 aliphatic rings. The second kappa shape index (κ2) is 16.2. The monoisotopic (exact) mass is 953 g/mol. The van der Waals surface area contributed by atoms with E-state index in [1.165, 1.54) is 96.5 Å². The number of hydrogen-bond donors (Lipinski definition) is 0. The van der Waals surface area contributed by atoms with Crippen molar-refractivity contribution in [1.82, 2.24) is 0 Å². The Balaban J connectivity index is 1.02. The van der Waals surface area contributed by atoms with Gasteiger partial charge in [0.2, 0.25) is 0 Å². The molecule has 0 fully saturated rings. The first kappa shape index (κ1) is 41.1. The lowest BCUT2D eigenvalue weighted by atomic mass is 9.64. The highest BCUT2D eigenvalue weighted by Crippen LogP contribution is 2.65. The highest BCUT2D eigenvalue weighted by atomic mass is 32.1. The normalized spacial score (nSPS) is 13.1. The molecule has 0 saturated heterocycles. The van der Waals surface area contributed by atoms with Crippen LogP contribution in [0.5, 0.6) is 0 Å². The average molecular weight is 954 g/mol. The molecule has 15 rings (SSSR count). The summed E-state index contributed by atoms with van der Waals surface area (Å²) in [5.41, 5.74) is 17.1. The highest BCUT2D eigenvalue weighted by Gasteiger charge is 2.52. The molecule has 0 bridgehead atoms. The molecule has 0 radical (unpaired) electrons. The van der Waals surface area contributed by atoms with Crippen LogP contribution in [0, 0.1) is 0 Å². The lowest BCUT2D eigenvalue weighted by Gasteiger charge is -2.45. The van der Waals surface area contributed by atoms with E-state index in [0.29, 0.717) is 0 Å². The van der Waals surface area contributed by atoms with Crippen molar-refractivity contribution in [3.8, 4) is 11.1 Å². The Morgan fingerprint density at radius 3 is 1.33 bits per heavy atom. The third-order valence-corrected chi connectivity index (χ3v) is 17.4. The number of rotatable bonds is 7. The second-order valence-corrected chi connectivity index (χ2v) is 20.9. The topological polar surface area (TPSA) is 9.72 Å². The van der Waals surface area contributed by atoms with E-state index in [2.05, 4.69) is 276 Å². The summed E-state index contributed by atoms with van der Waals surface area (Å²) in [6.45, 7) is 0. The maximum absolute atomic E-state index is 2.52. The molecule has 338 valence electrons. The maximum atomic E-state index is 2.52. The largest absolute Gasteiger partial charge is 0.310 e. The van der Waals surface area contributed by atoms with Crippen molar-refractivity contribution < 1.29 is 0 Å². The van der Waals surface area contributed by atoms with Gasteiger partial charge in [0, 0.05) is 59.4 Å². The fourth-order valence-electron chi connectivity index (χ4n) is 12.1. The molecule has 0 saturated carbocycles. The third kappa shape index (κ3) is 5.96. The summed E-state index contributed by atoms with van der Waals surface area (Å²) in [5, 5.41) is 5.13. The Morgan fingerprint density at radius 2 is 0.764 bits per heavy atom. The van der Waals surface area contributed by atoms with Gasteiger partial charge in [-0.15, -0.1) is 22.7 Å². The second-order valence-electron chi connectivity index (χ2n) is 18.8. The number of fused-ring (bicyclic) bond motifs is 15. The van der Waals surface area contributed by atoms with Gasteiger partial charge in [-0.3, -0.25) is 0 Å². The number of benzene rings is 11. The van der Waals surface area contributed by atoms with Crippen LogP contribution in [0.1, 0.15) is 22.3 Å². The van der Waals surface area contributed by atoms with Gasteiger partial charge in [-0.05, 0) is 130 Å². The minimum atomic E-state index is -0.674. The smallest absolute Gasteiger partial charge is 0.0755 e. The van der Waals surface area contributed by atoms with Gasteiger partial charge in [0.1, 0.15) is 0 Å². The van der Waals surface area contributed by atoms with Crippen LogP contribution in [0.3, 0.4) is 0 Å². The quantitative estimate of drug-likeness (QED) is 0.158. The van der Waals surface area contributed by atoms with Crippen molar-refractivity contribution in [2.24, 2.45) is 0 Å². The number of thiophene rings is 2. The Hall–Kier alpha value is -8.74. The van der Waals surface area contributed by atoms with Crippen molar-refractivity contribution in [1.29, 1.82) is 0 Å². The van der Waals surface area contributed by atoms with Gasteiger partial charge in [0.05, 0.1) is 37.6 Å². The molecule has 0 amide bonds. The van der Waals surface area contributed by atoms with Gasteiger partial charge in [-0.1, -0.05) is 164 Å². The first-order valence-corrected chi connectivity index (χ1v) is 26.2. The fourth-order valence-corrected chi connectivity index (χ4v) is 14.5. The molecule has 1 aliphatic heterocycles. The summed E-state index contributed by atoms with van der Waals surface area (Å²) < 4.78 is 5.13. The van der Waals surface area contributed by atoms with E-state index < -0.39 is 5.41 Å². The summed E-state index contributed by atoms with van der Waals surface area (Å²) in [6, 6.07) is 96.7. The number of hydrogen-bond acceptors (Lipinski definition) is 5. The lowest BCUT2D eigenvalue weighted by molar-refractivity contribution is 0.752. The van der Waals surface area contributed by atoms with Crippen molar-refractivity contribution in [3.63, 3.8) is 0 Å².